The molecule has 3 aromatic heterocycles. The third-order valence-electron chi connectivity index (χ3n) is 6.09. The van der Waals surface area contributed by atoms with Crippen LogP contribution in [0.4, 0.5) is 13.2 Å². The summed E-state index contributed by atoms with van der Waals surface area (Å²) in [5.74, 6) is -2.64. The molecule has 11 heteroatoms. The van der Waals surface area contributed by atoms with E-state index >= 15 is 0 Å². The van der Waals surface area contributed by atoms with Crippen molar-refractivity contribution in [2.75, 3.05) is 27.2 Å². The van der Waals surface area contributed by atoms with Crippen molar-refractivity contribution in [2.45, 2.75) is 44.9 Å². The third kappa shape index (κ3) is 6.02. The summed E-state index contributed by atoms with van der Waals surface area (Å²) >= 11 is 0. The fourth-order valence-corrected chi connectivity index (χ4v) is 4.03. The SMILES string of the molecule is CC(C)n1cnc(-c2cc(C(=O)N3CCC(N(C)C)CC3)c3ccccn23)c1.O=C(O)C(F)(F)F. The van der Waals surface area contributed by atoms with E-state index in [0.29, 0.717) is 12.1 Å². The second-order valence-corrected chi connectivity index (χ2v) is 8.99. The van der Waals surface area contributed by atoms with Gasteiger partial charge in [0.15, 0.2) is 0 Å². The van der Waals surface area contributed by atoms with Gasteiger partial charge in [-0.05, 0) is 59.0 Å². The van der Waals surface area contributed by atoms with E-state index in [1.165, 1.54) is 0 Å². The zero-order valence-corrected chi connectivity index (χ0v) is 20.2. The third-order valence-corrected chi connectivity index (χ3v) is 6.09. The molecule has 35 heavy (non-hydrogen) atoms. The fourth-order valence-electron chi connectivity index (χ4n) is 4.03. The van der Waals surface area contributed by atoms with Gasteiger partial charge in [-0.25, -0.2) is 9.78 Å². The molecule has 0 bridgehead atoms. The molecule has 4 heterocycles. The number of imidazole rings is 1. The molecule has 1 amide bonds. The number of fused-ring (bicyclic) bond motifs is 1. The highest BCUT2D eigenvalue weighted by Gasteiger charge is 2.38. The van der Waals surface area contributed by atoms with Crippen LogP contribution in [0.15, 0.2) is 43.0 Å². The number of halogens is 3. The maximum absolute atomic E-state index is 13.3. The van der Waals surface area contributed by atoms with Gasteiger partial charge in [-0.3, -0.25) is 4.79 Å². The topological polar surface area (TPSA) is 83.1 Å². The summed E-state index contributed by atoms with van der Waals surface area (Å²) in [4.78, 5) is 31.1. The van der Waals surface area contributed by atoms with Crippen molar-refractivity contribution < 1.29 is 27.9 Å². The van der Waals surface area contributed by atoms with Gasteiger partial charge in [0.05, 0.1) is 23.1 Å². The summed E-state index contributed by atoms with van der Waals surface area (Å²) in [7, 11) is 4.23. The second-order valence-electron chi connectivity index (χ2n) is 8.99. The molecule has 1 fully saturated rings. The summed E-state index contributed by atoms with van der Waals surface area (Å²) in [6.07, 6.45) is 2.88. The largest absolute Gasteiger partial charge is 0.490 e. The maximum Gasteiger partial charge on any atom is 0.490 e. The molecule has 0 saturated carbocycles. The lowest BCUT2D eigenvalue weighted by Gasteiger charge is -2.35. The van der Waals surface area contributed by atoms with Crippen molar-refractivity contribution >= 4 is 17.4 Å². The summed E-state index contributed by atoms with van der Waals surface area (Å²) < 4.78 is 35.9. The number of likely N-dealkylation sites (tertiary alicyclic amines) is 1. The van der Waals surface area contributed by atoms with Crippen molar-refractivity contribution in [3.05, 3.63) is 48.5 Å². The van der Waals surface area contributed by atoms with Crippen molar-refractivity contribution in [3.8, 4) is 11.4 Å². The molecule has 0 aliphatic carbocycles. The van der Waals surface area contributed by atoms with E-state index in [4.69, 9.17) is 9.90 Å². The average molecular weight is 494 g/mol. The molecule has 8 nitrogen and oxygen atoms in total. The number of nitrogens with zero attached hydrogens (tertiary/aromatic N) is 5. The highest BCUT2D eigenvalue weighted by Crippen LogP contribution is 2.28. The Bertz CT molecular complexity index is 1170. The Kier molecular flexibility index (Phi) is 7.89. The fraction of sp³-hybridized carbons (Fsp3) is 0.458. The Morgan fingerprint density at radius 3 is 2.31 bits per heavy atom. The number of carbonyl (C=O) groups is 2. The zero-order valence-electron chi connectivity index (χ0n) is 20.2. The van der Waals surface area contributed by atoms with E-state index in [2.05, 4.69) is 53.0 Å². The number of pyridine rings is 1. The smallest absolute Gasteiger partial charge is 0.475 e. The molecule has 1 aliphatic heterocycles. The monoisotopic (exact) mass is 493 g/mol. The van der Waals surface area contributed by atoms with Gasteiger partial charge in [-0.15, -0.1) is 0 Å². The number of aliphatic carboxylic acids is 1. The molecule has 0 spiro atoms. The zero-order chi connectivity index (χ0) is 25.9. The van der Waals surface area contributed by atoms with Gasteiger partial charge in [0.1, 0.15) is 5.69 Å². The van der Waals surface area contributed by atoms with Crippen LogP contribution in [0.25, 0.3) is 16.9 Å². The van der Waals surface area contributed by atoms with Crippen LogP contribution in [0, 0.1) is 0 Å². The molecule has 190 valence electrons. The first-order chi connectivity index (χ1) is 16.4. The van der Waals surface area contributed by atoms with Gasteiger partial charge in [-0.2, -0.15) is 13.2 Å². The number of hydrogen-bond donors (Lipinski definition) is 1. The minimum atomic E-state index is -5.08. The van der Waals surface area contributed by atoms with Gasteiger partial charge < -0.3 is 23.9 Å². The highest BCUT2D eigenvalue weighted by molar-refractivity contribution is 6.02. The number of amides is 1. The van der Waals surface area contributed by atoms with Crippen LogP contribution < -0.4 is 0 Å². The molecule has 0 aromatic carbocycles. The van der Waals surface area contributed by atoms with Crippen LogP contribution in [0.5, 0.6) is 0 Å². The van der Waals surface area contributed by atoms with Crippen LogP contribution in [0.2, 0.25) is 0 Å². The molecule has 0 unspecified atom stereocenters. The number of hydrogen-bond acceptors (Lipinski definition) is 4. The van der Waals surface area contributed by atoms with E-state index in [0.717, 1.165) is 48.4 Å². The summed E-state index contributed by atoms with van der Waals surface area (Å²) in [5.41, 5.74) is 3.55. The average Bonchev–Trinajstić information content (AvgIpc) is 3.44. The Morgan fingerprint density at radius 1 is 1.17 bits per heavy atom. The number of carbonyl (C=O) groups excluding carboxylic acids is 1. The lowest BCUT2D eigenvalue weighted by Crippen LogP contribution is -2.44. The molecule has 4 rings (SSSR count). The maximum atomic E-state index is 13.3. The van der Waals surface area contributed by atoms with Crippen molar-refractivity contribution in [1.82, 2.24) is 23.8 Å². The molecule has 3 aromatic rings. The van der Waals surface area contributed by atoms with Gasteiger partial charge >= 0.3 is 12.1 Å². The van der Waals surface area contributed by atoms with Crippen molar-refractivity contribution in [1.29, 1.82) is 0 Å². The predicted molar refractivity (Wildman–Crippen MR) is 125 cm³/mol. The Labute approximate surface area is 201 Å². The van der Waals surface area contributed by atoms with Crippen molar-refractivity contribution in [3.63, 3.8) is 0 Å². The summed E-state index contributed by atoms with van der Waals surface area (Å²) in [5, 5.41) is 7.12. The van der Waals surface area contributed by atoms with E-state index in [9.17, 15) is 18.0 Å². The molecule has 0 atom stereocenters. The van der Waals surface area contributed by atoms with E-state index < -0.39 is 12.1 Å². The first-order valence-electron chi connectivity index (χ1n) is 11.3. The Morgan fingerprint density at radius 2 is 1.80 bits per heavy atom. The standard InChI is InChI=1S/C22H29N5O.C2HF3O2/c1-16(2)26-14-19(23-15-26)21-13-18(20-7-5-6-10-27(20)21)22(28)25-11-8-17(9-12-25)24(3)4;3-2(4,5)1(6)7/h5-7,10,13-17H,8-9,11-12H2,1-4H3;(H,6,7). The lowest BCUT2D eigenvalue weighted by molar-refractivity contribution is -0.192. The molecule has 1 aliphatic rings. The van der Waals surface area contributed by atoms with Crippen LogP contribution >= 0.6 is 0 Å². The summed E-state index contributed by atoms with van der Waals surface area (Å²) in [6, 6.07) is 8.91. The summed E-state index contributed by atoms with van der Waals surface area (Å²) in [6.45, 7) is 5.88. The Balaban J connectivity index is 0.000000429. The number of carboxylic acid groups (broad SMARTS) is 1. The number of piperidine rings is 1. The minimum Gasteiger partial charge on any atom is -0.475 e. The predicted octanol–water partition coefficient (Wildman–Crippen LogP) is 4.18. The first kappa shape index (κ1) is 26.3. The number of alkyl halides is 3. The quantitative estimate of drug-likeness (QED) is 0.590. The van der Waals surface area contributed by atoms with Crippen LogP contribution in [-0.2, 0) is 4.79 Å². The molecule has 1 N–H and O–H groups in total. The lowest BCUT2D eigenvalue weighted by atomic mass is 10.0. The van der Waals surface area contributed by atoms with Gasteiger partial charge in [-0.1, -0.05) is 6.07 Å². The molecule has 1 saturated heterocycles. The van der Waals surface area contributed by atoms with Crippen LogP contribution in [-0.4, -0.2) is 80.1 Å². The van der Waals surface area contributed by atoms with Crippen LogP contribution in [0.1, 0.15) is 43.1 Å². The second kappa shape index (κ2) is 10.5. The molecule has 0 radical (unpaired) electrons. The normalized spacial score (nSPS) is 14.9. The number of carboxylic acids is 1. The highest BCUT2D eigenvalue weighted by atomic mass is 19.4. The van der Waals surface area contributed by atoms with Gasteiger partial charge in [0.2, 0.25) is 0 Å². The van der Waals surface area contributed by atoms with Gasteiger partial charge in [0.25, 0.3) is 5.91 Å². The molecular formula is C24H30F3N5O3. The van der Waals surface area contributed by atoms with Gasteiger partial charge in [0, 0.05) is 37.6 Å². The molecular weight excluding hydrogens is 463 g/mol. The van der Waals surface area contributed by atoms with Crippen LogP contribution in [0.3, 0.4) is 0 Å². The van der Waals surface area contributed by atoms with Crippen molar-refractivity contribution in [2.24, 2.45) is 0 Å². The first-order valence-corrected chi connectivity index (χ1v) is 11.3. The number of rotatable bonds is 4. The minimum absolute atomic E-state index is 0.121. The Hall–Kier alpha value is -3.34. The number of aromatic nitrogens is 3. The van der Waals surface area contributed by atoms with E-state index in [-0.39, 0.29) is 5.91 Å². The van der Waals surface area contributed by atoms with E-state index in [1.54, 1.807) is 0 Å². The van der Waals surface area contributed by atoms with E-state index in [1.807, 2.05) is 41.7 Å².